The van der Waals surface area contributed by atoms with Gasteiger partial charge in [-0.15, -0.1) is 13.2 Å². The van der Waals surface area contributed by atoms with Gasteiger partial charge in [-0.2, -0.15) is 0 Å². The SMILES string of the molecule is C=CCN(CC=C)C(C)Cc1ccc(OCCC)c(N)c1. The first-order valence-corrected chi connectivity index (χ1v) is 7.59. The molecule has 116 valence electrons. The van der Waals surface area contributed by atoms with Crippen LogP contribution in [0, 0.1) is 0 Å². The molecule has 0 aliphatic heterocycles. The molecule has 2 N–H and O–H groups in total. The fourth-order valence-corrected chi connectivity index (χ4v) is 2.30. The molecule has 0 radical (unpaired) electrons. The lowest BCUT2D eigenvalue weighted by atomic mass is 10.0. The molecular weight excluding hydrogens is 260 g/mol. The summed E-state index contributed by atoms with van der Waals surface area (Å²) in [5.41, 5.74) is 8.00. The minimum atomic E-state index is 0.405. The third-order valence-electron chi connectivity index (χ3n) is 3.42. The first-order valence-electron chi connectivity index (χ1n) is 7.59. The van der Waals surface area contributed by atoms with Gasteiger partial charge in [-0.1, -0.05) is 25.1 Å². The van der Waals surface area contributed by atoms with Crippen LogP contribution < -0.4 is 10.5 Å². The molecule has 3 heteroatoms. The summed E-state index contributed by atoms with van der Waals surface area (Å²) >= 11 is 0. The molecule has 1 aromatic carbocycles. The fraction of sp³-hybridized carbons (Fsp3) is 0.444. The minimum Gasteiger partial charge on any atom is -0.491 e. The zero-order chi connectivity index (χ0) is 15.7. The van der Waals surface area contributed by atoms with Gasteiger partial charge in [0.25, 0.3) is 0 Å². The zero-order valence-corrected chi connectivity index (χ0v) is 13.3. The molecule has 1 unspecified atom stereocenters. The van der Waals surface area contributed by atoms with Crippen LogP contribution in [0.1, 0.15) is 25.8 Å². The Kier molecular flexibility index (Phi) is 7.62. The Balaban J connectivity index is 2.70. The lowest BCUT2D eigenvalue weighted by Crippen LogP contribution is -2.34. The van der Waals surface area contributed by atoms with Crippen LogP contribution in [0.2, 0.25) is 0 Å². The van der Waals surface area contributed by atoms with Gasteiger partial charge in [-0.25, -0.2) is 0 Å². The van der Waals surface area contributed by atoms with Crippen molar-refractivity contribution >= 4 is 5.69 Å². The maximum Gasteiger partial charge on any atom is 0.142 e. The lowest BCUT2D eigenvalue weighted by molar-refractivity contribution is 0.255. The van der Waals surface area contributed by atoms with E-state index in [1.54, 1.807) is 0 Å². The topological polar surface area (TPSA) is 38.5 Å². The second kappa shape index (κ2) is 9.24. The van der Waals surface area contributed by atoms with Gasteiger partial charge in [-0.3, -0.25) is 4.90 Å². The van der Waals surface area contributed by atoms with Gasteiger partial charge in [0.15, 0.2) is 0 Å². The summed E-state index contributed by atoms with van der Waals surface area (Å²) in [6.45, 7) is 14.3. The van der Waals surface area contributed by atoms with Crippen LogP contribution in [0.5, 0.6) is 5.75 Å². The van der Waals surface area contributed by atoms with Crippen molar-refractivity contribution in [2.24, 2.45) is 0 Å². The monoisotopic (exact) mass is 288 g/mol. The van der Waals surface area contributed by atoms with Crippen LogP contribution >= 0.6 is 0 Å². The number of nitrogen functional groups attached to an aromatic ring is 1. The van der Waals surface area contributed by atoms with Crippen molar-refractivity contribution < 1.29 is 4.74 Å². The largest absolute Gasteiger partial charge is 0.491 e. The Hall–Kier alpha value is -1.74. The number of hydrogen-bond acceptors (Lipinski definition) is 3. The summed E-state index contributed by atoms with van der Waals surface area (Å²) in [4.78, 5) is 2.33. The van der Waals surface area contributed by atoms with E-state index in [1.165, 1.54) is 5.56 Å². The van der Waals surface area contributed by atoms with Crippen molar-refractivity contribution in [3.8, 4) is 5.75 Å². The first kappa shape index (κ1) is 17.3. The number of nitrogens with two attached hydrogens (primary N) is 1. The molecule has 1 rings (SSSR count). The van der Waals surface area contributed by atoms with E-state index in [2.05, 4.69) is 38.0 Å². The molecule has 0 saturated heterocycles. The van der Waals surface area contributed by atoms with Gasteiger partial charge in [-0.05, 0) is 37.5 Å². The van der Waals surface area contributed by atoms with E-state index in [9.17, 15) is 0 Å². The molecule has 3 nitrogen and oxygen atoms in total. The smallest absolute Gasteiger partial charge is 0.142 e. The van der Waals surface area contributed by atoms with Crippen molar-refractivity contribution in [2.45, 2.75) is 32.7 Å². The number of rotatable bonds is 10. The van der Waals surface area contributed by atoms with Crippen molar-refractivity contribution in [2.75, 3.05) is 25.4 Å². The van der Waals surface area contributed by atoms with E-state index in [1.807, 2.05) is 24.3 Å². The highest BCUT2D eigenvalue weighted by molar-refractivity contribution is 5.54. The number of hydrogen-bond donors (Lipinski definition) is 1. The molecule has 1 aromatic rings. The van der Waals surface area contributed by atoms with Crippen molar-refractivity contribution in [1.29, 1.82) is 0 Å². The Bertz CT molecular complexity index is 447. The van der Waals surface area contributed by atoms with E-state index in [4.69, 9.17) is 10.5 Å². The Labute approximate surface area is 129 Å². The van der Waals surface area contributed by atoms with Crippen LogP contribution in [0.25, 0.3) is 0 Å². The molecule has 0 saturated carbocycles. The average molecular weight is 288 g/mol. The first-order chi connectivity index (χ1) is 10.1. The highest BCUT2D eigenvalue weighted by Gasteiger charge is 2.12. The van der Waals surface area contributed by atoms with Crippen LogP contribution in [-0.4, -0.2) is 30.6 Å². The van der Waals surface area contributed by atoms with Gasteiger partial charge >= 0.3 is 0 Å². The summed E-state index contributed by atoms with van der Waals surface area (Å²) in [5, 5.41) is 0. The number of ether oxygens (including phenoxy) is 1. The molecule has 0 spiro atoms. The average Bonchev–Trinajstić information content (AvgIpc) is 2.46. The van der Waals surface area contributed by atoms with Gasteiger partial charge in [0.2, 0.25) is 0 Å². The molecule has 1 atom stereocenters. The maximum atomic E-state index is 6.06. The molecule has 0 aliphatic carbocycles. The molecule has 0 heterocycles. The Morgan fingerprint density at radius 2 is 1.95 bits per heavy atom. The summed E-state index contributed by atoms with van der Waals surface area (Å²) in [6.07, 6.45) is 5.78. The molecule has 0 bridgehead atoms. The van der Waals surface area contributed by atoms with Crippen LogP contribution in [-0.2, 0) is 6.42 Å². The van der Waals surface area contributed by atoms with E-state index >= 15 is 0 Å². The second-order valence-electron chi connectivity index (χ2n) is 5.31. The number of anilines is 1. The van der Waals surface area contributed by atoms with E-state index < -0.39 is 0 Å². The molecular formula is C18H28N2O. The molecule has 0 fully saturated rings. The van der Waals surface area contributed by atoms with Gasteiger partial charge in [0.1, 0.15) is 5.75 Å². The quantitative estimate of drug-likeness (QED) is 0.527. The highest BCUT2D eigenvalue weighted by atomic mass is 16.5. The van der Waals surface area contributed by atoms with E-state index in [0.717, 1.165) is 31.7 Å². The van der Waals surface area contributed by atoms with Gasteiger partial charge in [0, 0.05) is 19.1 Å². The van der Waals surface area contributed by atoms with Crippen molar-refractivity contribution in [3.05, 3.63) is 49.1 Å². The summed E-state index contributed by atoms with van der Waals surface area (Å²) in [7, 11) is 0. The third kappa shape index (κ3) is 5.64. The van der Waals surface area contributed by atoms with Gasteiger partial charge < -0.3 is 10.5 Å². The van der Waals surface area contributed by atoms with Crippen LogP contribution in [0.15, 0.2) is 43.5 Å². The van der Waals surface area contributed by atoms with Crippen molar-refractivity contribution in [1.82, 2.24) is 4.90 Å². The maximum absolute atomic E-state index is 6.06. The van der Waals surface area contributed by atoms with E-state index in [0.29, 0.717) is 18.3 Å². The summed E-state index contributed by atoms with van der Waals surface area (Å²) in [5.74, 6) is 0.780. The molecule has 0 amide bonds. The van der Waals surface area contributed by atoms with Crippen LogP contribution in [0.4, 0.5) is 5.69 Å². The van der Waals surface area contributed by atoms with Crippen LogP contribution in [0.3, 0.4) is 0 Å². The Morgan fingerprint density at radius 1 is 1.29 bits per heavy atom. The third-order valence-corrected chi connectivity index (χ3v) is 3.42. The predicted molar refractivity (Wildman–Crippen MR) is 91.8 cm³/mol. The highest BCUT2D eigenvalue weighted by Crippen LogP contribution is 2.24. The molecule has 0 aliphatic rings. The zero-order valence-electron chi connectivity index (χ0n) is 13.3. The molecule has 0 aromatic heterocycles. The lowest BCUT2D eigenvalue weighted by Gasteiger charge is -2.27. The summed E-state index contributed by atoms with van der Waals surface area (Å²) in [6, 6.07) is 6.49. The molecule has 21 heavy (non-hydrogen) atoms. The second-order valence-corrected chi connectivity index (χ2v) is 5.31. The number of nitrogens with zero attached hydrogens (tertiary/aromatic N) is 1. The number of benzene rings is 1. The predicted octanol–water partition coefficient (Wildman–Crippen LogP) is 3.66. The Morgan fingerprint density at radius 3 is 2.48 bits per heavy atom. The fourth-order valence-electron chi connectivity index (χ4n) is 2.30. The standard InChI is InChI=1S/C18H28N2O/c1-5-10-20(11-6-2)15(4)13-16-8-9-18(17(19)14-16)21-12-7-3/h5-6,8-9,14-15H,1-2,7,10-13,19H2,3-4H3. The van der Waals surface area contributed by atoms with Gasteiger partial charge in [0.05, 0.1) is 12.3 Å². The normalized spacial score (nSPS) is 12.1. The minimum absolute atomic E-state index is 0.405. The van der Waals surface area contributed by atoms with E-state index in [-0.39, 0.29) is 0 Å². The summed E-state index contributed by atoms with van der Waals surface area (Å²) < 4.78 is 5.61. The van der Waals surface area contributed by atoms with Crippen molar-refractivity contribution in [3.63, 3.8) is 0 Å².